The van der Waals surface area contributed by atoms with Crippen molar-refractivity contribution in [3.63, 3.8) is 0 Å². The van der Waals surface area contributed by atoms with E-state index in [0.29, 0.717) is 24.3 Å². The van der Waals surface area contributed by atoms with Crippen molar-refractivity contribution in [2.75, 3.05) is 27.2 Å². The zero-order chi connectivity index (χ0) is 20.4. The average Bonchev–Trinajstić information content (AvgIpc) is 3.05. The smallest absolute Gasteiger partial charge is 0.325 e. The van der Waals surface area contributed by atoms with Gasteiger partial charge in [0.1, 0.15) is 5.69 Å². The summed E-state index contributed by atoms with van der Waals surface area (Å²) in [7, 11) is 3.47. The van der Waals surface area contributed by atoms with Crippen molar-refractivity contribution in [2.24, 2.45) is 5.92 Å². The van der Waals surface area contributed by atoms with Gasteiger partial charge >= 0.3 is 5.69 Å². The number of aromatic amines is 2. The highest BCUT2D eigenvalue weighted by atomic mass is 16.2. The van der Waals surface area contributed by atoms with Gasteiger partial charge < -0.3 is 14.8 Å². The molecular weight excluding hydrogens is 358 g/mol. The highest BCUT2D eigenvalue weighted by Crippen LogP contribution is 2.29. The molecule has 0 aromatic carbocycles. The number of nitrogens with zero attached hydrogens (tertiary/aromatic N) is 3. The zero-order valence-corrected chi connectivity index (χ0v) is 16.8. The molecule has 1 aliphatic rings. The molecule has 2 amide bonds. The topological polar surface area (TPSA) is 102 Å². The lowest BCUT2D eigenvalue weighted by molar-refractivity contribution is -0.134. The molecule has 1 aliphatic carbocycles. The van der Waals surface area contributed by atoms with Crippen molar-refractivity contribution in [1.82, 2.24) is 24.8 Å². The molecule has 0 radical (unpaired) electrons. The Kier molecular flexibility index (Phi) is 5.67. The summed E-state index contributed by atoms with van der Waals surface area (Å²) in [4.78, 5) is 49.2. The number of carbonyl (C=O) groups excluding carboxylic acids is 2. The van der Waals surface area contributed by atoms with Gasteiger partial charge in [-0.2, -0.15) is 0 Å². The molecule has 0 saturated carbocycles. The first kappa shape index (κ1) is 19.9. The van der Waals surface area contributed by atoms with Gasteiger partial charge in [0.2, 0.25) is 5.91 Å². The van der Waals surface area contributed by atoms with Gasteiger partial charge in [-0.15, -0.1) is 0 Å². The van der Waals surface area contributed by atoms with Gasteiger partial charge in [0.05, 0.1) is 5.52 Å². The lowest BCUT2D eigenvalue weighted by Crippen LogP contribution is -2.40. The lowest BCUT2D eigenvalue weighted by atomic mass is 9.84. The van der Waals surface area contributed by atoms with Crippen LogP contribution in [0.1, 0.15) is 43.6 Å². The minimum Gasteiger partial charge on any atom is -0.344 e. The third kappa shape index (κ3) is 4.16. The number of pyridine rings is 1. The first-order chi connectivity index (χ1) is 13.3. The summed E-state index contributed by atoms with van der Waals surface area (Å²) in [5.74, 6) is -0.0850. The number of amides is 2. The Balaban J connectivity index is 1.57. The molecule has 0 aliphatic heterocycles. The van der Waals surface area contributed by atoms with Crippen molar-refractivity contribution < 1.29 is 9.59 Å². The van der Waals surface area contributed by atoms with E-state index in [4.69, 9.17) is 0 Å². The molecule has 0 bridgehead atoms. The molecule has 150 valence electrons. The number of hydrogen-bond acceptors (Lipinski definition) is 4. The SMILES string of the molecule is CC1=C(C)CC(C(=O)N(C)CCN(C)C(=O)c2ccc3[nH]c(=O)[nH]c3n2)CC1. The number of hydrogen-bond donors (Lipinski definition) is 2. The van der Waals surface area contributed by atoms with Crippen LogP contribution in [0.5, 0.6) is 0 Å². The fourth-order valence-electron chi connectivity index (χ4n) is 3.52. The van der Waals surface area contributed by atoms with Crippen molar-refractivity contribution >= 4 is 23.0 Å². The molecular formula is C20H27N5O3. The number of fused-ring (bicyclic) bond motifs is 1. The van der Waals surface area contributed by atoms with E-state index in [9.17, 15) is 14.4 Å². The summed E-state index contributed by atoms with van der Waals surface area (Å²) in [5, 5.41) is 0. The van der Waals surface area contributed by atoms with Crippen molar-refractivity contribution in [3.05, 3.63) is 39.5 Å². The predicted molar refractivity (Wildman–Crippen MR) is 107 cm³/mol. The maximum Gasteiger partial charge on any atom is 0.325 e. The van der Waals surface area contributed by atoms with Crippen molar-refractivity contribution in [1.29, 1.82) is 0 Å². The average molecular weight is 385 g/mol. The van der Waals surface area contributed by atoms with E-state index >= 15 is 0 Å². The first-order valence-electron chi connectivity index (χ1n) is 9.51. The third-order valence-electron chi connectivity index (χ3n) is 5.59. The van der Waals surface area contributed by atoms with Gasteiger partial charge in [-0.1, -0.05) is 11.1 Å². The van der Waals surface area contributed by atoms with Gasteiger partial charge in [0, 0.05) is 33.1 Å². The van der Waals surface area contributed by atoms with Crippen LogP contribution in [0.3, 0.4) is 0 Å². The quantitative estimate of drug-likeness (QED) is 0.768. The van der Waals surface area contributed by atoms with Crippen LogP contribution in [0.4, 0.5) is 0 Å². The van der Waals surface area contributed by atoms with E-state index in [-0.39, 0.29) is 29.1 Å². The van der Waals surface area contributed by atoms with Gasteiger partial charge in [0.15, 0.2) is 5.65 Å². The van der Waals surface area contributed by atoms with Crippen LogP contribution in [0.2, 0.25) is 0 Å². The Morgan fingerprint density at radius 3 is 2.54 bits per heavy atom. The molecule has 8 nitrogen and oxygen atoms in total. The molecule has 0 spiro atoms. The molecule has 0 saturated heterocycles. The Hall–Kier alpha value is -2.90. The molecule has 2 heterocycles. The Labute approximate surface area is 163 Å². The fraction of sp³-hybridized carbons (Fsp3) is 0.500. The second-order valence-corrected chi connectivity index (χ2v) is 7.66. The third-order valence-corrected chi connectivity index (χ3v) is 5.59. The molecule has 2 aromatic heterocycles. The summed E-state index contributed by atoms with van der Waals surface area (Å²) in [6.45, 7) is 5.10. The van der Waals surface area contributed by atoms with Crippen molar-refractivity contribution in [2.45, 2.75) is 33.1 Å². The van der Waals surface area contributed by atoms with Crippen LogP contribution < -0.4 is 5.69 Å². The summed E-state index contributed by atoms with van der Waals surface area (Å²) in [6.07, 6.45) is 2.69. The van der Waals surface area contributed by atoms with E-state index in [1.165, 1.54) is 11.1 Å². The summed E-state index contributed by atoms with van der Waals surface area (Å²) in [6, 6.07) is 3.23. The highest BCUT2D eigenvalue weighted by molar-refractivity contribution is 5.93. The number of allylic oxidation sites excluding steroid dienone is 2. The fourth-order valence-corrected chi connectivity index (χ4v) is 3.52. The van der Waals surface area contributed by atoms with Crippen LogP contribution in [0, 0.1) is 5.92 Å². The van der Waals surface area contributed by atoms with E-state index in [0.717, 1.165) is 19.3 Å². The minimum atomic E-state index is -0.358. The van der Waals surface area contributed by atoms with Gasteiger partial charge in [0.25, 0.3) is 5.91 Å². The van der Waals surface area contributed by atoms with Gasteiger partial charge in [-0.25, -0.2) is 9.78 Å². The molecule has 2 aromatic rings. The standard InChI is InChI=1S/C20H27N5O3/c1-12-5-6-14(11-13(12)2)18(26)24(3)9-10-25(4)19(27)16-8-7-15-17(21-16)23-20(28)22-15/h7-8,14H,5-6,9-11H2,1-4H3,(H2,21,22,23,28). The molecule has 2 N–H and O–H groups in total. The molecule has 0 fully saturated rings. The molecule has 3 rings (SSSR count). The lowest BCUT2D eigenvalue weighted by Gasteiger charge is -2.29. The number of nitrogens with one attached hydrogen (secondary N) is 2. The first-order valence-corrected chi connectivity index (χ1v) is 9.51. The molecule has 8 heteroatoms. The van der Waals surface area contributed by atoms with E-state index in [1.54, 1.807) is 36.0 Å². The second-order valence-electron chi connectivity index (χ2n) is 7.66. The van der Waals surface area contributed by atoms with Crippen LogP contribution in [-0.4, -0.2) is 63.8 Å². The molecule has 1 unspecified atom stereocenters. The molecule has 28 heavy (non-hydrogen) atoms. The number of carbonyl (C=O) groups is 2. The number of rotatable bonds is 5. The minimum absolute atomic E-state index is 0.0317. The number of aromatic nitrogens is 3. The largest absolute Gasteiger partial charge is 0.344 e. The second kappa shape index (κ2) is 8.00. The Morgan fingerprint density at radius 2 is 1.82 bits per heavy atom. The number of likely N-dealkylation sites (N-methyl/N-ethyl adjacent to an activating group) is 2. The number of H-pyrrole nitrogens is 2. The van der Waals surface area contributed by atoms with E-state index < -0.39 is 0 Å². The van der Waals surface area contributed by atoms with E-state index in [2.05, 4.69) is 28.8 Å². The maximum atomic E-state index is 12.7. The summed E-state index contributed by atoms with van der Waals surface area (Å²) < 4.78 is 0. The highest BCUT2D eigenvalue weighted by Gasteiger charge is 2.26. The maximum absolute atomic E-state index is 12.7. The zero-order valence-electron chi connectivity index (χ0n) is 16.8. The van der Waals surface area contributed by atoms with Crippen LogP contribution >= 0.6 is 0 Å². The van der Waals surface area contributed by atoms with Gasteiger partial charge in [-0.05, 0) is 45.2 Å². The molecule has 1 atom stereocenters. The summed E-state index contributed by atoms with van der Waals surface area (Å²) >= 11 is 0. The predicted octanol–water partition coefficient (Wildman–Crippen LogP) is 1.92. The summed E-state index contributed by atoms with van der Waals surface area (Å²) in [5.41, 5.74) is 3.51. The Bertz CT molecular complexity index is 987. The van der Waals surface area contributed by atoms with Crippen LogP contribution in [0.25, 0.3) is 11.2 Å². The van der Waals surface area contributed by atoms with Gasteiger partial charge in [-0.3, -0.25) is 14.6 Å². The van der Waals surface area contributed by atoms with E-state index in [1.807, 2.05) is 0 Å². The Morgan fingerprint density at radius 1 is 1.11 bits per heavy atom. The monoisotopic (exact) mass is 385 g/mol. The normalized spacial score (nSPS) is 17.1. The van der Waals surface area contributed by atoms with Crippen LogP contribution in [0.15, 0.2) is 28.1 Å². The van der Waals surface area contributed by atoms with Crippen LogP contribution in [-0.2, 0) is 4.79 Å². The van der Waals surface area contributed by atoms with Crippen molar-refractivity contribution in [3.8, 4) is 0 Å². The number of imidazole rings is 1.